The average molecular weight is 508 g/mol. The van der Waals surface area contributed by atoms with E-state index in [0.717, 1.165) is 51.5 Å². The van der Waals surface area contributed by atoms with Crippen molar-refractivity contribution in [3.05, 3.63) is 0 Å². The van der Waals surface area contributed by atoms with Gasteiger partial charge in [-0.05, 0) is 52.9 Å². The summed E-state index contributed by atoms with van der Waals surface area (Å²) >= 11 is 0. The van der Waals surface area contributed by atoms with Crippen LogP contribution in [0.2, 0.25) is 0 Å². The number of carbonyl (C=O) groups excluding carboxylic acids is 1. The van der Waals surface area contributed by atoms with Gasteiger partial charge in [0.05, 0.1) is 0 Å². The summed E-state index contributed by atoms with van der Waals surface area (Å²) in [6, 6.07) is 0.298. The molecule has 0 aromatic carbocycles. The molecule has 2 N–H and O–H groups in total. The fraction of sp³-hybridized carbons (Fsp3) is 0.900. The highest BCUT2D eigenvalue weighted by Crippen LogP contribution is 2.12. The van der Waals surface area contributed by atoms with Crippen LogP contribution in [0.5, 0.6) is 0 Å². The van der Waals surface area contributed by atoms with Gasteiger partial charge in [0.2, 0.25) is 5.91 Å². The van der Waals surface area contributed by atoms with Crippen molar-refractivity contribution in [3.8, 4) is 0 Å². The van der Waals surface area contributed by atoms with Gasteiger partial charge >= 0.3 is 0 Å². The number of likely N-dealkylation sites (tertiary alicyclic amines) is 1. The number of nitrogens with zero attached hydrogens (tertiary/aromatic N) is 4. The summed E-state index contributed by atoms with van der Waals surface area (Å²) in [5.41, 5.74) is 0. The molecule has 1 amide bonds. The van der Waals surface area contributed by atoms with Crippen LogP contribution in [0.15, 0.2) is 4.99 Å². The van der Waals surface area contributed by atoms with Crippen LogP contribution in [-0.2, 0) is 4.79 Å². The fourth-order valence-electron chi connectivity index (χ4n) is 3.77. The lowest BCUT2D eigenvalue weighted by atomic mass is 10.2. The van der Waals surface area contributed by atoms with Gasteiger partial charge < -0.3 is 25.3 Å². The molecule has 2 aliphatic rings. The molecule has 0 saturated carbocycles. The van der Waals surface area contributed by atoms with E-state index in [4.69, 9.17) is 4.99 Å². The molecular formula is C20H41IN6O. The van der Waals surface area contributed by atoms with Crippen molar-refractivity contribution in [1.82, 2.24) is 25.3 Å². The van der Waals surface area contributed by atoms with Crippen LogP contribution in [0.1, 0.15) is 40.0 Å². The number of hydrogen-bond donors (Lipinski definition) is 2. The molecule has 8 heteroatoms. The molecule has 0 aliphatic carbocycles. The van der Waals surface area contributed by atoms with Gasteiger partial charge in [0.25, 0.3) is 0 Å². The number of guanidine groups is 1. The topological polar surface area (TPSA) is 63.2 Å². The van der Waals surface area contributed by atoms with Gasteiger partial charge in [0.1, 0.15) is 0 Å². The molecule has 164 valence electrons. The summed E-state index contributed by atoms with van der Waals surface area (Å²) in [5.74, 6) is 1.21. The molecule has 2 saturated heterocycles. The number of rotatable bonds is 7. The highest BCUT2D eigenvalue weighted by molar-refractivity contribution is 14.0. The van der Waals surface area contributed by atoms with Gasteiger partial charge in [-0.25, -0.2) is 0 Å². The van der Waals surface area contributed by atoms with E-state index in [1.807, 2.05) is 18.7 Å². The van der Waals surface area contributed by atoms with Crippen LogP contribution in [-0.4, -0.2) is 98.6 Å². The third kappa shape index (κ3) is 8.82. The summed E-state index contributed by atoms with van der Waals surface area (Å²) in [5, 5.41) is 6.87. The molecule has 2 aliphatic heterocycles. The Bertz CT molecular complexity index is 487. The third-order valence-electron chi connectivity index (χ3n) is 5.39. The zero-order chi connectivity index (χ0) is 19.6. The second-order valence-electron chi connectivity index (χ2n) is 8.18. The maximum atomic E-state index is 12.2. The molecule has 2 heterocycles. The lowest BCUT2D eigenvalue weighted by Gasteiger charge is -2.21. The maximum absolute atomic E-state index is 12.2. The Morgan fingerprint density at radius 3 is 2.68 bits per heavy atom. The van der Waals surface area contributed by atoms with E-state index in [1.165, 1.54) is 32.6 Å². The molecule has 7 nitrogen and oxygen atoms in total. The highest BCUT2D eigenvalue weighted by Gasteiger charge is 2.27. The van der Waals surface area contributed by atoms with E-state index in [0.29, 0.717) is 6.04 Å². The van der Waals surface area contributed by atoms with Crippen molar-refractivity contribution in [1.29, 1.82) is 0 Å². The number of aliphatic imine (C=N–C) groups is 1. The summed E-state index contributed by atoms with van der Waals surface area (Å²) in [6.45, 7) is 15.2. The lowest BCUT2D eigenvalue weighted by molar-refractivity contribution is -0.133. The average Bonchev–Trinajstić information content (AvgIpc) is 3.00. The van der Waals surface area contributed by atoms with Crippen LogP contribution in [0.25, 0.3) is 0 Å². The van der Waals surface area contributed by atoms with E-state index in [2.05, 4.69) is 34.4 Å². The number of amides is 1. The summed E-state index contributed by atoms with van der Waals surface area (Å²) in [4.78, 5) is 23.9. The lowest BCUT2D eigenvalue weighted by Crippen LogP contribution is -2.45. The molecule has 1 atom stereocenters. The zero-order valence-corrected chi connectivity index (χ0v) is 20.6. The molecule has 0 aromatic rings. The minimum absolute atomic E-state index is 0. The van der Waals surface area contributed by atoms with Gasteiger partial charge in [0.15, 0.2) is 5.96 Å². The van der Waals surface area contributed by atoms with Crippen LogP contribution in [0, 0.1) is 5.92 Å². The van der Waals surface area contributed by atoms with Crippen molar-refractivity contribution >= 4 is 35.8 Å². The number of nitrogens with one attached hydrogen (secondary N) is 2. The quantitative estimate of drug-likeness (QED) is 0.236. The molecule has 28 heavy (non-hydrogen) atoms. The van der Waals surface area contributed by atoms with Gasteiger partial charge in [0, 0.05) is 51.2 Å². The summed E-state index contributed by atoms with van der Waals surface area (Å²) < 4.78 is 0. The Hall–Kier alpha value is -0.610. The fourth-order valence-corrected chi connectivity index (χ4v) is 3.77. The Morgan fingerprint density at radius 1 is 1.18 bits per heavy atom. The first-order valence-corrected chi connectivity index (χ1v) is 10.7. The highest BCUT2D eigenvalue weighted by atomic mass is 127. The molecule has 0 aromatic heterocycles. The molecule has 1 unspecified atom stereocenters. The first kappa shape index (κ1) is 25.4. The number of likely N-dealkylation sites (N-methyl/N-ethyl adjacent to an activating group) is 1. The Balaban J connectivity index is 0.00000392. The number of hydrogen-bond acceptors (Lipinski definition) is 4. The predicted octanol–water partition coefficient (Wildman–Crippen LogP) is 1.44. The van der Waals surface area contributed by atoms with E-state index < -0.39 is 0 Å². The van der Waals surface area contributed by atoms with Crippen molar-refractivity contribution in [2.45, 2.75) is 46.1 Å². The third-order valence-corrected chi connectivity index (χ3v) is 5.39. The molecule has 0 spiro atoms. The first-order chi connectivity index (χ1) is 13.0. The van der Waals surface area contributed by atoms with Crippen LogP contribution in [0.3, 0.4) is 0 Å². The normalized spacial score (nSPS) is 22.1. The van der Waals surface area contributed by atoms with E-state index in [-0.39, 0.29) is 35.8 Å². The van der Waals surface area contributed by atoms with Gasteiger partial charge in [-0.1, -0.05) is 13.8 Å². The Labute approximate surface area is 188 Å². The summed E-state index contributed by atoms with van der Waals surface area (Å²) in [6.07, 6.45) is 3.34. The second kappa shape index (κ2) is 13.6. The SMILES string of the molecule is CCNC(=NCCCN1CCCN(C)CC1)NC1CCN(C(=O)C(C)C)C1.I. The first-order valence-electron chi connectivity index (χ1n) is 10.7. The van der Waals surface area contributed by atoms with Crippen molar-refractivity contribution in [2.75, 3.05) is 66.0 Å². The minimum atomic E-state index is 0. The van der Waals surface area contributed by atoms with Crippen LogP contribution < -0.4 is 10.6 Å². The molecule has 2 fully saturated rings. The number of halogens is 1. The van der Waals surface area contributed by atoms with E-state index >= 15 is 0 Å². The summed E-state index contributed by atoms with van der Waals surface area (Å²) in [7, 11) is 2.21. The van der Waals surface area contributed by atoms with Crippen LogP contribution in [0.4, 0.5) is 0 Å². The molecule has 0 radical (unpaired) electrons. The molecular weight excluding hydrogens is 467 g/mol. The maximum Gasteiger partial charge on any atom is 0.225 e. The number of carbonyl (C=O) groups is 1. The van der Waals surface area contributed by atoms with Crippen LogP contribution >= 0.6 is 24.0 Å². The largest absolute Gasteiger partial charge is 0.357 e. The van der Waals surface area contributed by atoms with E-state index in [1.54, 1.807) is 0 Å². The minimum Gasteiger partial charge on any atom is -0.357 e. The van der Waals surface area contributed by atoms with Gasteiger partial charge in [-0.2, -0.15) is 0 Å². The Morgan fingerprint density at radius 2 is 1.96 bits per heavy atom. The monoisotopic (exact) mass is 508 g/mol. The van der Waals surface area contributed by atoms with Gasteiger partial charge in [-0.15, -0.1) is 24.0 Å². The van der Waals surface area contributed by atoms with Crippen molar-refractivity contribution < 1.29 is 4.79 Å². The predicted molar refractivity (Wildman–Crippen MR) is 128 cm³/mol. The van der Waals surface area contributed by atoms with Gasteiger partial charge in [-0.3, -0.25) is 9.79 Å². The smallest absolute Gasteiger partial charge is 0.225 e. The van der Waals surface area contributed by atoms with E-state index in [9.17, 15) is 4.79 Å². The van der Waals surface area contributed by atoms with Crippen molar-refractivity contribution in [3.63, 3.8) is 0 Å². The standard InChI is InChI=1S/C20H40N6O.HI/c1-5-21-20(23-18-8-13-26(16-18)19(27)17(2)3)22-9-6-11-25-12-7-10-24(4)14-15-25;/h17-18H,5-16H2,1-4H3,(H2,21,22,23);1H. The van der Waals surface area contributed by atoms with Crippen molar-refractivity contribution in [2.24, 2.45) is 10.9 Å². The second-order valence-corrected chi connectivity index (χ2v) is 8.18. The zero-order valence-electron chi connectivity index (χ0n) is 18.2. The molecule has 2 rings (SSSR count). The Kier molecular flexibility index (Phi) is 12.3. The molecule has 0 bridgehead atoms.